The highest BCUT2D eigenvalue weighted by Crippen LogP contribution is 2.38. The Kier molecular flexibility index (Phi) is 4.22. The van der Waals surface area contributed by atoms with E-state index in [0.29, 0.717) is 17.1 Å². The van der Waals surface area contributed by atoms with Gasteiger partial charge in [0.05, 0.1) is 19.6 Å². The van der Waals surface area contributed by atoms with E-state index in [0.717, 1.165) is 22.1 Å². The van der Waals surface area contributed by atoms with Gasteiger partial charge in [0, 0.05) is 28.6 Å². The number of fused-ring (bicyclic) bond motifs is 1. The van der Waals surface area contributed by atoms with Gasteiger partial charge in [-0.25, -0.2) is 4.79 Å². The molecule has 2 aromatic carbocycles. The topological polar surface area (TPSA) is 48.7 Å². The van der Waals surface area contributed by atoms with Crippen LogP contribution in [0.2, 0.25) is 0 Å². The average Bonchev–Trinajstić information content (AvgIpc) is 3.21. The second kappa shape index (κ2) is 6.69. The molecular formula is C21H16O4S. The first-order valence-corrected chi connectivity index (χ1v) is 8.92. The first-order chi connectivity index (χ1) is 12.7. The molecule has 0 saturated heterocycles. The second-order valence-corrected chi connectivity index (χ2v) is 6.69. The van der Waals surface area contributed by atoms with E-state index in [1.54, 1.807) is 37.7 Å². The molecule has 0 spiro atoms. The van der Waals surface area contributed by atoms with Crippen LogP contribution in [-0.4, -0.2) is 14.2 Å². The molecule has 26 heavy (non-hydrogen) atoms. The van der Waals surface area contributed by atoms with Gasteiger partial charge in [0.1, 0.15) is 17.1 Å². The molecule has 0 aliphatic rings. The van der Waals surface area contributed by atoms with Gasteiger partial charge in [-0.3, -0.25) is 0 Å². The van der Waals surface area contributed by atoms with Crippen molar-refractivity contribution >= 4 is 22.3 Å². The van der Waals surface area contributed by atoms with E-state index in [4.69, 9.17) is 13.9 Å². The smallest absolute Gasteiger partial charge is 0.336 e. The summed E-state index contributed by atoms with van der Waals surface area (Å²) in [6.45, 7) is 0. The lowest BCUT2D eigenvalue weighted by Crippen LogP contribution is -2.00. The standard InChI is InChI=1S/C21H16O4S/c1-23-15-10-17(24-2)21-16(12-20(22)25-18(21)11-15)13-5-3-6-14(9-13)19-7-4-8-26-19/h3-12H,1-2H3. The summed E-state index contributed by atoms with van der Waals surface area (Å²) in [5, 5.41) is 2.79. The van der Waals surface area contributed by atoms with Crippen LogP contribution in [0.1, 0.15) is 0 Å². The fraction of sp³-hybridized carbons (Fsp3) is 0.0952. The molecule has 0 bridgehead atoms. The second-order valence-electron chi connectivity index (χ2n) is 5.74. The minimum absolute atomic E-state index is 0.413. The quantitative estimate of drug-likeness (QED) is 0.467. The van der Waals surface area contributed by atoms with Crippen molar-refractivity contribution in [3.8, 4) is 33.1 Å². The number of rotatable bonds is 4. The Morgan fingerprint density at radius 3 is 2.50 bits per heavy atom. The maximum Gasteiger partial charge on any atom is 0.336 e. The zero-order valence-corrected chi connectivity index (χ0v) is 15.1. The third kappa shape index (κ3) is 2.86. The van der Waals surface area contributed by atoms with Gasteiger partial charge >= 0.3 is 5.63 Å². The van der Waals surface area contributed by atoms with E-state index in [2.05, 4.69) is 18.2 Å². The molecule has 0 fully saturated rings. The molecule has 0 radical (unpaired) electrons. The SMILES string of the molecule is COc1cc(OC)c2c(-c3cccc(-c4cccs4)c3)cc(=O)oc2c1. The molecule has 130 valence electrons. The maximum absolute atomic E-state index is 12.1. The minimum atomic E-state index is -0.413. The van der Waals surface area contributed by atoms with Crippen LogP contribution in [0.25, 0.3) is 32.5 Å². The Bertz CT molecular complexity index is 1130. The third-order valence-corrected chi connectivity index (χ3v) is 5.14. The summed E-state index contributed by atoms with van der Waals surface area (Å²) in [7, 11) is 3.15. The monoisotopic (exact) mass is 364 g/mol. The van der Waals surface area contributed by atoms with Crippen LogP contribution in [0, 0.1) is 0 Å². The lowest BCUT2D eigenvalue weighted by molar-refractivity contribution is 0.396. The molecule has 4 rings (SSSR count). The van der Waals surface area contributed by atoms with Crippen LogP contribution >= 0.6 is 11.3 Å². The lowest BCUT2D eigenvalue weighted by atomic mass is 9.99. The number of hydrogen-bond acceptors (Lipinski definition) is 5. The van der Waals surface area contributed by atoms with E-state index >= 15 is 0 Å². The maximum atomic E-state index is 12.1. The van der Waals surface area contributed by atoms with Crippen molar-refractivity contribution in [2.45, 2.75) is 0 Å². The average molecular weight is 364 g/mol. The van der Waals surface area contributed by atoms with Crippen molar-refractivity contribution in [1.82, 2.24) is 0 Å². The van der Waals surface area contributed by atoms with Crippen molar-refractivity contribution in [3.05, 3.63) is 70.4 Å². The number of benzene rings is 2. The van der Waals surface area contributed by atoms with Crippen LogP contribution in [0.5, 0.6) is 11.5 Å². The van der Waals surface area contributed by atoms with Crippen LogP contribution < -0.4 is 15.1 Å². The fourth-order valence-electron chi connectivity index (χ4n) is 3.03. The molecule has 4 aromatic rings. The van der Waals surface area contributed by atoms with E-state index in [-0.39, 0.29) is 0 Å². The molecule has 0 aliphatic heterocycles. The summed E-state index contributed by atoms with van der Waals surface area (Å²) in [5.74, 6) is 1.17. The van der Waals surface area contributed by atoms with E-state index < -0.39 is 5.63 Å². The van der Waals surface area contributed by atoms with Crippen molar-refractivity contribution in [3.63, 3.8) is 0 Å². The Morgan fingerprint density at radius 2 is 1.77 bits per heavy atom. The van der Waals surface area contributed by atoms with Gasteiger partial charge in [-0.2, -0.15) is 0 Å². The van der Waals surface area contributed by atoms with Gasteiger partial charge in [-0.05, 0) is 28.6 Å². The van der Waals surface area contributed by atoms with Gasteiger partial charge < -0.3 is 13.9 Å². The summed E-state index contributed by atoms with van der Waals surface area (Å²) in [5.41, 5.74) is 2.83. The Morgan fingerprint density at radius 1 is 0.923 bits per heavy atom. The fourth-order valence-corrected chi connectivity index (χ4v) is 3.75. The molecular weight excluding hydrogens is 348 g/mol. The molecule has 4 nitrogen and oxygen atoms in total. The third-order valence-electron chi connectivity index (χ3n) is 4.22. The summed E-state index contributed by atoms with van der Waals surface area (Å²) in [6.07, 6.45) is 0. The summed E-state index contributed by atoms with van der Waals surface area (Å²) < 4.78 is 16.2. The van der Waals surface area contributed by atoms with Crippen LogP contribution in [0.4, 0.5) is 0 Å². The van der Waals surface area contributed by atoms with Crippen LogP contribution in [0.3, 0.4) is 0 Å². The van der Waals surface area contributed by atoms with Gasteiger partial charge in [0.15, 0.2) is 0 Å². The molecule has 0 saturated carbocycles. The molecule has 0 unspecified atom stereocenters. The Hall–Kier alpha value is -3.05. The van der Waals surface area contributed by atoms with Crippen molar-refractivity contribution in [2.75, 3.05) is 14.2 Å². The number of hydrogen-bond donors (Lipinski definition) is 0. The van der Waals surface area contributed by atoms with Gasteiger partial charge in [0.2, 0.25) is 0 Å². The first kappa shape index (κ1) is 16.4. The van der Waals surface area contributed by atoms with Gasteiger partial charge in [-0.15, -0.1) is 11.3 Å². The normalized spacial score (nSPS) is 10.8. The lowest BCUT2D eigenvalue weighted by Gasteiger charge is -2.12. The highest BCUT2D eigenvalue weighted by Gasteiger charge is 2.15. The van der Waals surface area contributed by atoms with E-state index in [1.807, 2.05) is 23.6 Å². The highest BCUT2D eigenvalue weighted by molar-refractivity contribution is 7.13. The number of ether oxygens (including phenoxy) is 2. The summed E-state index contributed by atoms with van der Waals surface area (Å²) >= 11 is 1.68. The first-order valence-electron chi connectivity index (χ1n) is 8.04. The molecule has 5 heteroatoms. The van der Waals surface area contributed by atoms with Crippen molar-refractivity contribution < 1.29 is 13.9 Å². The van der Waals surface area contributed by atoms with Gasteiger partial charge in [0.25, 0.3) is 0 Å². The zero-order chi connectivity index (χ0) is 18.1. The molecule has 0 atom stereocenters. The van der Waals surface area contributed by atoms with E-state index in [1.165, 1.54) is 10.9 Å². The molecule has 0 amide bonds. The van der Waals surface area contributed by atoms with Crippen LogP contribution in [-0.2, 0) is 0 Å². The number of thiophene rings is 1. The molecule has 0 aliphatic carbocycles. The molecule has 2 aromatic heterocycles. The Balaban J connectivity index is 2.00. The van der Waals surface area contributed by atoms with Gasteiger partial charge in [-0.1, -0.05) is 24.3 Å². The predicted octanol–water partition coefficient (Wildman–Crippen LogP) is 5.21. The summed E-state index contributed by atoms with van der Waals surface area (Å²) in [4.78, 5) is 13.3. The molecule has 0 N–H and O–H groups in total. The highest BCUT2D eigenvalue weighted by atomic mass is 32.1. The summed E-state index contributed by atoms with van der Waals surface area (Å²) in [6, 6.07) is 17.2. The van der Waals surface area contributed by atoms with Crippen LogP contribution in [0.15, 0.2) is 69.2 Å². The number of methoxy groups -OCH3 is 2. The zero-order valence-electron chi connectivity index (χ0n) is 14.3. The Labute approximate surface area is 154 Å². The van der Waals surface area contributed by atoms with E-state index in [9.17, 15) is 4.79 Å². The van der Waals surface area contributed by atoms with Crippen molar-refractivity contribution in [2.24, 2.45) is 0 Å². The minimum Gasteiger partial charge on any atom is -0.496 e. The largest absolute Gasteiger partial charge is 0.496 e. The van der Waals surface area contributed by atoms with Crippen molar-refractivity contribution in [1.29, 1.82) is 0 Å². The predicted molar refractivity (Wildman–Crippen MR) is 104 cm³/mol. The molecule has 2 heterocycles.